The molecule has 0 saturated heterocycles. The van der Waals surface area contributed by atoms with Crippen LogP contribution in [0.1, 0.15) is 52.9 Å². The molecule has 0 aliphatic heterocycles. The van der Waals surface area contributed by atoms with Crippen LogP contribution < -0.4 is 5.32 Å². The van der Waals surface area contributed by atoms with E-state index in [2.05, 4.69) is 5.32 Å². The highest BCUT2D eigenvalue weighted by molar-refractivity contribution is 5.76. The fourth-order valence-corrected chi connectivity index (χ4v) is 2.61. The molecule has 0 aromatic heterocycles. The lowest BCUT2D eigenvalue weighted by Crippen LogP contribution is -2.44. The zero-order valence-electron chi connectivity index (χ0n) is 12.0. The molecular weight excluding hydrogens is 228 g/mol. The second kappa shape index (κ2) is 7.10. The first-order valence-electron chi connectivity index (χ1n) is 7.24. The Bertz CT molecular complexity index is 259. The van der Waals surface area contributed by atoms with E-state index in [4.69, 9.17) is 0 Å². The molecule has 1 fully saturated rings. The maximum Gasteiger partial charge on any atom is 0.224 e. The minimum Gasteiger partial charge on any atom is -0.389 e. The molecule has 0 aromatic carbocycles. The van der Waals surface area contributed by atoms with E-state index in [1.54, 1.807) is 0 Å². The Hall–Kier alpha value is -0.610. The van der Waals surface area contributed by atoms with E-state index >= 15 is 0 Å². The van der Waals surface area contributed by atoms with E-state index in [9.17, 15) is 9.90 Å². The molecule has 1 saturated carbocycles. The van der Waals surface area contributed by atoms with Crippen LogP contribution in [0.3, 0.4) is 0 Å². The second-order valence-electron chi connectivity index (χ2n) is 5.48. The van der Waals surface area contributed by atoms with Crippen LogP contribution in [0.25, 0.3) is 0 Å². The lowest BCUT2D eigenvalue weighted by Gasteiger charge is -2.26. The van der Waals surface area contributed by atoms with Crippen molar-refractivity contribution in [1.82, 2.24) is 10.2 Å². The third-order valence-corrected chi connectivity index (χ3v) is 3.91. The first-order valence-corrected chi connectivity index (χ1v) is 7.24. The Morgan fingerprint density at radius 1 is 1.33 bits per heavy atom. The number of nitrogens with zero attached hydrogens (tertiary/aromatic N) is 1. The van der Waals surface area contributed by atoms with Gasteiger partial charge in [0.2, 0.25) is 5.91 Å². The number of aliphatic hydroxyl groups is 1. The van der Waals surface area contributed by atoms with Gasteiger partial charge in [0, 0.05) is 32.1 Å². The number of hydrogen-bond donors (Lipinski definition) is 2. The highest BCUT2D eigenvalue weighted by atomic mass is 16.3. The van der Waals surface area contributed by atoms with Crippen molar-refractivity contribution < 1.29 is 9.90 Å². The van der Waals surface area contributed by atoms with Gasteiger partial charge in [-0.05, 0) is 33.6 Å². The van der Waals surface area contributed by atoms with E-state index < -0.39 is 5.60 Å². The third kappa shape index (κ3) is 4.58. The minimum absolute atomic E-state index is 0.128. The standard InChI is InChI=1S/C14H28N2O2/c1-4-16(5-2)13(17)10-12(3)15-11-14(18)8-6-7-9-14/h12,15,18H,4-11H2,1-3H3. The van der Waals surface area contributed by atoms with Crippen molar-refractivity contribution in [1.29, 1.82) is 0 Å². The summed E-state index contributed by atoms with van der Waals surface area (Å²) < 4.78 is 0. The van der Waals surface area contributed by atoms with Gasteiger partial charge in [0.05, 0.1) is 5.60 Å². The maximum atomic E-state index is 11.9. The van der Waals surface area contributed by atoms with Crippen molar-refractivity contribution in [3.05, 3.63) is 0 Å². The zero-order valence-corrected chi connectivity index (χ0v) is 12.0. The number of amides is 1. The van der Waals surface area contributed by atoms with Gasteiger partial charge in [-0.2, -0.15) is 0 Å². The summed E-state index contributed by atoms with van der Waals surface area (Å²) in [7, 11) is 0. The van der Waals surface area contributed by atoms with Gasteiger partial charge < -0.3 is 15.3 Å². The van der Waals surface area contributed by atoms with Gasteiger partial charge in [-0.25, -0.2) is 0 Å². The fraction of sp³-hybridized carbons (Fsp3) is 0.929. The van der Waals surface area contributed by atoms with Gasteiger partial charge >= 0.3 is 0 Å². The van der Waals surface area contributed by atoms with Crippen LogP contribution >= 0.6 is 0 Å². The molecule has 1 aliphatic carbocycles. The molecule has 0 radical (unpaired) electrons. The SMILES string of the molecule is CCN(CC)C(=O)CC(C)NCC1(O)CCCC1. The van der Waals surface area contributed by atoms with Crippen LogP contribution in [-0.4, -0.2) is 47.2 Å². The van der Waals surface area contributed by atoms with Crippen molar-refractivity contribution in [2.45, 2.75) is 64.5 Å². The zero-order chi connectivity index (χ0) is 13.6. The Balaban J connectivity index is 2.28. The number of hydrogen-bond acceptors (Lipinski definition) is 3. The summed E-state index contributed by atoms with van der Waals surface area (Å²) in [6.45, 7) is 8.17. The molecule has 106 valence electrons. The Kier molecular flexibility index (Phi) is 6.09. The molecule has 1 unspecified atom stereocenters. The van der Waals surface area contributed by atoms with Crippen molar-refractivity contribution in [3.8, 4) is 0 Å². The predicted octanol–water partition coefficient (Wildman–Crippen LogP) is 1.53. The van der Waals surface area contributed by atoms with Crippen molar-refractivity contribution in [3.63, 3.8) is 0 Å². The predicted molar refractivity (Wildman–Crippen MR) is 73.4 cm³/mol. The first kappa shape index (κ1) is 15.4. The molecule has 1 atom stereocenters. The Morgan fingerprint density at radius 2 is 1.89 bits per heavy atom. The molecule has 0 bridgehead atoms. The summed E-state index contributed by atoms with van der Waals surface area (Å²) in [5, 5.41) is 13.5. The molecule has 0 aromatic rings. The van der Waals surface area contributed by atoms with Gasteiger partial charge in [0.1, 0.15) is 0 Å². The van der Waals surface area contributed by atoms with Crippen LogP contribution in [0.5, 0.6) is 0 Å². The molecule has 4 nitrogen and oxygen atoms in total. The molecule has 1 amide bonds. The summed E-state index contributed by atoms with van der Waals surface area (Å²) >= 11 is 0. The largest absolute Gasteiger partial charge is 0.389 e. The van der Waals surface area contributed by atoms with Crippen LogP contribution in [0, 0.1) is 0 Å². The van der Waals surface area contributed by atoms with Crippen LogP contribution in [0.4, 0.5) is 0 Å². The Morgan fingerprint density at radius 3 is 2.39 bits per heavy atom. The average molecular weight is 256 g/mol. The van der Waals surface area contributed by atoms with Crippen LogP contribution in [-0.2, 0) is 4.79 Å². The van der Waals surface area contributed by atoms with Crippen LogP contribution in [0.2, 0.25) is 0 Å². The van der Waals surface area contributed by atoms with Gasteiger partial charge in [0.15, 0.2) is 0 Å². The van der Waals surface area contributed by atoms with E-state index in [-0.39, 0.29) is 11.9 Å². The monoisotopic (exact) mass is 256 g/mol. The quantitative estimate of drug-likeness (QED) is 0.726. The van der Waals surface area contributed by atoms with E-state index in [0.29, 0.717) is 13.0 Å². The molecule has 4 heteroatoms. The van der Waals surface area contributed by atoms with Gasteiger partial charge in [0.25, 0.3) is 0 Å². The number of nitrogens with one attached hydrogen (secondary N) is 1. The summed E-state index contributed by atoms with van der Waals surface area (Å²) in [5.74, 6) is 0.193. The summed E-state index contributed by atoms with van der Waals surface area (Å²) in [6, 6.07) is 0.128. The molecule has 1 aliphatic rings. The second-order valence-corrected chi connectivity index (χ2v) is 5.48. The molecule has 0 spiro atoms. The third-order valence-electron chi connectivity index (χ3n) is 3.91. The minimum atomic E-state index is -0.535. The molecule has 1 rings (SSSR count). The van der Waals surface area contributed by atoms with E-state index in [1.807, 2.05) is 25.7 Å². The highest BCUT2D eigenvalue weighted by Crippen LogP contribution is 2.28. The van der Waals surface area contributed by atoms with Gasteiger partial charge in [-0.3, -0.25) is 4.79 Å². The van der Waals surface area contributed by atoms with Crippen molar-refractivity contribution >= 4 is 5.91 Å². The highest BCUT2D eigenvalue weighted by Gasteiger charge is 2.31. The summed E-state index contributed by atoms with van der Waals surface area (Å²) in [4.78, 5) is 13.8. The number of carbonyl (C=O) groups is 1. The van der Waals surface area contributed by atoms with Gasteiger partial charge in [-0.1, -0.05) is 12.8 Å². The lowest BCUT2D eigenvalue weighted by atomic mass is 10.0. The van der Waals surface area contributed by atoms with Crippen molar-refractivity contribution in [2.24, 2.45) is 0 Å². The average Bonchev–Trinajstić information content (AvgIpc) is 2.76. The van der Waals surface area contributed by atoms with E-state index in [0.717, 1.165) is 38.8 Å². The molecule has 0 heterocycles. The van der Waals surface area contributed by atoms with Crippen molar-refractivity contribution in [2.75, 3.05) is 19.6 Å². The van der Waals surface area contributed by atoms with Crippen LogP contribution in [0.15, 0.2) is 0 Å². The smallest absolute Gasteiger partial charge is 0.224 e. The fourth-order valence-electron chi connectivity index (χ4n) is 2.61. The normalized spacial score (nSPS) is 19.8. The van der Waals surface area contributed by atoms with E-state index in [1.165, 1.54) is 0 Å². The van der Waals surface area contributed by atoms with Gasteiger partial charge in [-0.15, -0.1) is 0 Å². The lowest BCUT2D eigenvalue weighted by molar-refractivity contribution is -0.131. The first-order chi connectivity index (χ1) is 8.50. The Labute approximate surface area is 111 Å². The summed E-state index contributed by atoms with van der Waals surface area (Å²) in [6.07, 6.45) is 4.51. The number of carbonyl (C=O) groups excluding carboxylic acids is 1. The number of rotatable bonds is 7. The topological polar surface area (TPSA) is 52.6 Å². The summed E-state index contributed by atoms with van der Waals surface area (Å²) in [5.41, 5.74) is -0.535. The molecule has 2 N–H and O–H groups in total. The molecule has 18 heavy (non-hydrogen) atoms. The molecular formula is C14H28N2O2. The maximum absolute atomic E-state index is 11.9.